The Morgan fingerprint density at radius 2 is 2.10 bits per heavy atom. The fourth-order valence-electron chi connectivity index (χ4n) is 1.98. The number of hydrogen-bond acceptors (Lipinski definition) is 2. The van der Waals surface area contributed by atoms with E-state index in [1.807, 2.05) is 0 Å². The largest absolute Gasteiger partial charge is 0.328 e. The molecule has 0 radical (unpaired) electrons. The van der Waals surface area contributed by atoms with E-state index in [1.54, 1.807) is 0 Å². The predicted octanol–water partition coefficient (Wildman–Crippen LogP) is 3.28. The summed E-state index contributed by atoms with van der Waals surface area (Å²) in [4.78, 5) is 17.0. The van der Waals surface area contributed by atoms with Crippen molar-refractivity contribution >= 4 is 21.8 Å². The monoisotopic (exact) mass is 340 g/mol. The molecule has 0 unspecified atom stereocenters. The van der Waals surface area contributed by atoms with Crippen molar-refractivity contribution in [1.82, 2.24) is 9.88 Å². The molecular weight excluding hydrogens is 330 g/mol. The third-order valence-electron chi connectivity index (χ3n) is 2.95. The molecule has 3 nitrogen and oxygen atoms in total. The minimum absolute atomic E-state index is 0.0436. The minimum Gasteiger partial charge on any atom is -0.328 e. The molecule has 6 heteroatoms. The van der Waals surface area contributed by atoms with E-state index < -0.39 is 30.6 Å². The minimum atomic E-state index is -2.22. The Labute approximate surface area is 125 Å². The molecule has 0 aliphatic carbocycles. The zero-order valence-corrected chi connectivity index (χ0v) is 11.6. The average molecular weight is 341 g/mol. The van der Waals surface area contributed by atoms with Gasteiger partial charge in [0.2, 0.25) is 0 Å². The van der Waals surface area contributed by atoms with Crippen molar-refractivity contribution in [2.75, 3.05) is 0 Å². The van der Waals surface area contributed by atoms with E-state index >= 15 is 0 Å². The quantitative estimate of drug-likeness (QED) is 0.840. The van der Waals surface area contributed by atoms with E-state index in [9.17, 15) is 13.6 Å². The number of amides is 1. The van der Waals surface area contributed by atoms with Crippen LogP contribution in [0.3, 0.4) is 0 Å². The molecule has 3 rings (SSSR count). The first-order chi connectivity index (χ1) is 10.3. The van der Waals surface area contributed by atoms with Gasteiger partial charge in [-0.2, -0.15) is 0 Å². The van der Waals surface area contributed by atoms with Crippen LogP contribution < -0.4 is 0 Å². The molecule has 1 aromatic heterocycles. The van der Waals surface area contributed by atoms with Crippen molar-refractivity contribution < 1.29 is 16.3 Å². The molecule has 0 saturated heterocycles. The van der Waals surface area contributed by atoms with Gasteiger partial charge in [0.05, 0.1) is 27.0 Å². The molecule has 0 bridgehead atoms. The summed E-state index contributed by atoms with van der Waals surface area (Å²) in [6.07, 6.45) is 1.37. The van der Waals surface area contributed by atoms with Gasteiger partial charge in [-0.15, -0.1) is 0 Å². The van der Waals surface area contributed by atoms with Gasteiger partial charge in [-0.1, -0.05) is 15.9 Å². The molecule has 1 aromatic carbocycles. The fourth-order valence-corrected chi connectivity index (χ4v) is 2.39. The first-order valence-electron chi connectivity index (χ1n) is 6.73. The number of pyridine rings is 1. The van der Waals surface area contributed by atoms with Crippen LogP contribution in [0.15, 0.2) is 34.9 Å². The third-order valence-corrected chi connectivity index (χ3v) is 3.40. The van der Waals surface area contributed by atoms with Crippen LogP contribution in [0.5, 0.6) is 0 Å². The average Bonchev–Trinajstić information content (AvgIpc) is 2.63. The molecule has 0 fully saturated rings. The summed E-state index contributed by atoms with van der Waals surface area (Å²) >= 11 is 2.97. The molecule has 0 N–H and O–H groups in total. The van der Waals surface area contributed by atoms with E-state index in [2.05, 4.69) is 20.9 Å². The van der Waals surface area contributed by atoms with Crippen LogP contribution in [0.1, 0.15) is 24.4 Å². The van der Waals surface area contributed by atoms with Crippen LogP contribution in [0, 0.1) is 11.6 Å². The molecule has 2 heterocycles. The van der Waals surface area contributed by atoms with Crippen molar-refractivity contribution in [3.8, 4) is 0 Å². The fraction of sp³-hybridized carbons (Fsp3) is 0.143. The highest BCUT2D eigenvalue weighted by atomic mass is 79.9. The maximum atomic E-state index is 13.9. The number of hydrogen-bond donors (Lipinski definition) is 0. The highest BCUT2D eigenvalue weighted by Gasteiger charge is 2.29. The van der Waals surface area contributed by atoms with Crippen LogP contribution in [-0.2, 0) is 13.0 Å². The summed E-state index contributed by atoms with van der Waals surface area (Å²) in [6, 6.07) is 5.09. The molecule has 2 aromatic rings. The van der Waals surface area contributed by atoms with Crippen LogP contribution in [-0.4, -0.2) is 15.8 Å². The summed E-state index contributed by atoms with van der Waals surface area (Å²) in [6.45, 7) is -2.74. The predicted molar refractivity (Wildman–Crippen MR) is 71.9 cm³/mol. The second kappa shape index (κ2) is 4.94. The van der Waals surface area contributed by atoms with E-state index in [0.29, 0.717) is 0 Å². The maximum Gasteiger partial charge on any atom is 0.256 e. The van der Waals surface area contributed by atoms with Gasteiger partial charge in [0.25, 0.3) is 5.91 Å². The summed E-state index contributed by atoms with van der Waals surface area (Å²) in [5, 5.41) is 0. The molecule has 0 saturated carbocycles. The third kappa shape index (κ3) is 2.20. The van der Waals surface area contributed by atoms with Gasteiger partial charge in [0.15, 0.2) is 0 Å². The lowest BCUT2D eigenvalue weighted by atomic mass is 10.2. The van der Waals surface area contributed by atoms with Crippen LogP contribution >= 0.6 is 15.9 Å². The lowest BCUT2D eigenvalue weighted by molar-refractivity contribution is 0.0763. The molecule has 20 heavy (non-hydrogen) atoms. The first kappa shape index (κ1) is 10.9. The lowest BCUT2D eigenvalue weighted by Crippen LogP contribution is -2.24. The van der Waals surface area contributed by atoms with Gasteiger partial charge >= 0.3 is 0 Å². The molecule has 1 aliphatic rings. The number of rotatable bonds is 2. The van der Waals surface area contributed by atoms with Gasteiger partial charge in [-0.05, 0) is 24.3 Å². The summed E-state index contributed by atoms with van der Waals surface area (Å²) in [7, 11) is 0. The summed E-state index contributed by atoms with van der Waals surface area (Å²) in [5.74, 6) is -2.34. The first-order valence-corrected chi connectivity index (χ1v) is 6.52. The zero-order chi connectivity index (χ0) is 16.1. The maximum absolute atomic E-state index is 13.9. The second-order valence-corrected chi connectivity index (χ2v) is 5.17. The zero-order valence-electron chi connectivity index (χ0n) is 12.0. The van der Waals surface area contributed by atoms with Gasteiger partial charge in [-0.25, -0.2) is 8.78 Å². The Bertz CT molecular complexity index is 762. The second-order valence-electron chi connectivity index (χ2n) is 4.25. The number of fused-ring (bicyclic) bond motifs is 1. The Hall–Kier alpha value is -1.82. The van der Waals surface area contributed by atoms with E-state index in [0.717, 1.165) is 17.0 Å². The lowest BCUT2D eigenvalue weighted by Gasteiger charge is -2.16. The van der Waals surface area contributed by atoms with Gasteiger partial charge in [-0.3, -0.25) is 9.78 Å². The van der Waals surface area contributed by atoms with Crippen LogP contribution in [0.2, 0.25) is 0 Å². The number of halogens is 3. The topological polar surface area (TPSA) is 33.2 Å². The Kier molecular flexibility index (Phi) is 2.69. The van der Waals surface area contributed by atoms with Crippen LogP contribution in [0.4, 0.5) is 8.78 Å². The molecule has 1 aliphatic heterocycles. The molecule has 0 spiro atoms. The van der Waals surface area contributed by atoms with Crippen molar-refractivity contribution in [2.45, 2.75) is 13.0 Å². The van der Waals surface area contributed by atoms with E-state index in [1.165, 1.54) is 18.3 Å². The van der Waals surface area contributed by atoms with Gasteiger partial charge in [0.1, 0.15) is 11.6 Å². The highest BCUT2D eigenvalue weighted by molar-refractivity contribution is 9.10. The Balaban J connectivity index is 2.03. The molecule has 0 atom stereocenters. The van der Waals surface area contributed by atoms with Gasteiger partial charge < -0.3 is 4.90 Å². The number of aromatic nitrogens is 1. The van der Waals surface area contributed by atoms with Crippen molar-refractivity contribution in [2.24, 2.45) is 0 Å². The van der Waals surface area contributed by atoms with Crippen molar-refractivity contribution in [1.29, 1.82) is 0 Å². The van der Waals surface area contributed by atoms with Crippen molar-refractivity contribution in [3.05, 3.63) is 63.4 Å². The normalized spacial score (nSPS) is 17.8. The molecular formula is C14H9BrF2N2O. The smallest absolute Gasteiger partial charge is 0.256 e. The summed E-state index contributed by atoms with van der Waals surface area (Å²) in [5.41, 5.74) is -0.309. The highest BCUT2D eigenvalue weighted by Crippen LogP contribution is 2.26. The van der Waals surface area contributed by atoms with E-state index in [-0.39, 0.29) is 21.3 Å². The Morgan fingerprint density at radius 1 is 1.40 bits per heavy atom. The van der Waals surface area contributed by atoms with Gasteiger partial charge in [0, 0.05) is 16.2 Å². The SMILES string of the molecule is [2H]C1([2H])c2ncccc2C(=O)N1Cc1c(F)cc(Br)cc1F. The number of nitrogens with zero attached hydrogens (tertiary/aromatic N) is 2. The molecule has 1 amide bonds. The standard InChI is InChI=1S/C14H9BrF2N2O/c15-8-4-11(16)10(12(17)5-8)6-19-7-13-9(14(19)20)2-1-3-18-13/h1-5H,6-7H2/i7D2. The Morgan fingerprint density at radius 3 is 2.75 bits per heavy atom. The van der Waals surface area contributed by atoms with Crippen LogP contribution in [0.25, 0.3) is 0 Å². The number of benzene rings is 1. The van der Waals surface area contributed by atoms with E-state index in [4.69, 9.17) is 2.74 Å². The molecule has 102 valence electrons. The van der Waals surface area contributed by atoms with Crippen molar-refractivity contribution in [3.63, 3.8) is 0 Å². The number of carbonyl (C=O) groups excluding carboxylic acids is 1. The summed E-state index contributed by atoms with van der Waals surface area (Å²) < 4.78 is 44.2. The number of carbonyl (C=O) groups is 1.